The quantitative estimate of drug-likeness (QED) is 0.444. The summed E-state index contributed by atoms with van der Waals surface area (Å²) < 4.78 is 0. The molecule has 0 atom stereocenters. The van der Waals surface area contributed by atoms with Gasteiger partial charge in [-0.05, 0) is 0 Å². The van der Waals surface area contributed by atoms with Crippen LogP contribution in [0.4, 0.5) is 0 Å². The molecule has 0 amide bonds. The van der Waals surface area contributed by atoms with Crippen LogP contribution in [0.1, 0.15) is 1.43 Å². The monoisotopic (exact) mass is 192 g/mol. The molecule has 0 aliphatic rings. The summed E-state index contributed by atoms with van der Waals surface area (Å²) in [6.45, 7) is 0. The smallest absolute Gasteiger partial charge is 1.00 e. The molecular formula is H2AlCl4Na. The summed E-state index contributed by atoms with van der Waals surface area (Å²) in [7, 11) is 14.8. The molecular weight excluding hydrogens is 192 g/mol. The first kappa shape index (κ1) is 15.9. The van der Waals surface area contributed by atoms with Crippen molar-refractivity contribution in [3.05, 3.63) is 0 Å². The fourth-order valence-electron chi connectivity index (χ4n) is 0. The van der Waals surface area contributed by atoms with Crippen LogP contribution in [0.15, 0.2) is 0 Å². The first-order chi connectivity index (χ1) is 1.73. The van der Waals surface area contributed by atoms with Gasteiger partial charge in [-0.3, -0.25) is 0 Å². The third-order valence-electron chi connectivity index (χ3n) is 0. The summed E-state index contributed by atoms with van der Waals surface area (Å²) >= 11 is -1.72. The molecule has 0 heterocycles. The molecule has 0 saturated heterocycles. The Hall–Kier alpha value is 2.69. The van der Waals surface area contributed by atoms with Crippen molar-refractivity contribution in [2.45, 2.75) is 0 Å². The van der Waals surface area contributed by atoms with Crippen molar-refractivity contribution in [3.63, 3.8) is 0 Å². The molecule has 0 nitrogen and oxygen atoms in total. The fraction of sp³-hybridized carbons (Fsp3) is 0. The number of rotatable bonds is 0. The molecule has 0 aliphatic heterocycles. The third kappa shape index (κ3) is 29.9. The van der Waals surface area contributed by atoms with Crippen LogP contribution in [-0.2, 0) is 0 Å². The number of hydrogen-bond donors (Lipinski definition) is 0. The van der Waals surface area contributed by atoms with Crippen LogP contribution >= 0.6 is 42.6 Å². The van der Waals surface area contributed by atoms with Gasteiger partial charge in [0.15, 0.2) is 0 Å². The third-order valence-corrected chi connectivity index (χ3v) is 0. The van der Waals surface area contributed by atoms with Gasteiger partial charge in [0.2, 0.25) is 0 Å². The van der Waals surface area contributed by atoms with Crippen LogP contribution in [0.3, 0.4) is 0 Å². The van der Waals surface area contributed by atoms with Crippen molar-refractivity contribution in [1.82, 2.24) is 0 Å². The van der Waals surface area contributed by atoms with E-state index in [2.05, 4.69) is 0 Å². The van der Waals surface area contributed by atoms with Crippen LogP contribution in [0.2, 0.25) is 0 Å². The predicted molar refractivity (Wildman–Crippen MR) is 31.7 cm³/mol. The van der Waals surface area contributed by atoms with Gasteiger partial charge >= 0.3 is 40.9 Å². The van der Waals surface area contributed by atoms with E-state index in [1.54, 1.807) is 0 Å². The van der Waals surface area contributed by atoms with Crippen LogP contribution in [0, 0.1) is 0 Å². The van der Waals surface area contributed by atoms with Gasteiger partial charge in [-0.25, -0.2) is 30.1 Å². The summed E-state index contributed by atoms with van der Waals surface area (Å²) in [5.74, 6) is 0. The van der Waals surface area contributed by atoms with Crippen LogP contribution in [0.5, 0.6) is 0 Å². The Balaban J connectivity index is -0.0000000150. The molecule has 0 aromatic rings. The van der Waals surface area contributed by atoms with Crippen molar-refractivity contribution < 1.29 is 31.0 Å². The van der Waals surface area contributed by atoms with E-state index in [0.717, 1.165) is 0 Å². The summed E-state index contributed by atoms with van der Waals surface area (Å²) in [4.78, 5) is 0. The molecule has 34 valence electrons. The molecule has 0 spiro atoms. The van der Waals surface area contributed by atoms with E-state index >= 15 is 0 Å². The molecule has 0 aromatic carbocycles. The summed E-state index contributed by atoms with van der Waals surface area (Å²) in [5.41, 5.74) is 0. The van der Waals surface area contributed by atoms with Gasteiger partial charge < -0.3 is 1.43 Å². The molecule has 0 radical (unpaired) electrons. The average molecular weight is 194 g/mol. The Bertz CT molecular complexity index is 16.4. The van der Waals surface area contributed by atoms with E-state index < -0.39 is 11.4 Å². The Labute approximate surface area is 83.7 Å². The maximum absolute atomic E-state index is 4.94. The summed E-state index contributed by atoms with van der Waals surface area (Å²) in [5, 5.41) is 0. The zero-order chi connectivity index (χ0) is 3.58. The van der Waals surface area contributed by atoms with E-state index in [4.69, 9.17) is 30.1 Å². The van der Waals surface area contributed by atoms with Gasteiger partial charge in [0.05, 0.1) is 0 Å². The first-order valence-electron chi connectivity index (χ1n) is 0.655. The van der Waals surface area contributed by atoms with Crippen molar-refractivity contribution in [2.24, 2.45) is 0 Å². The second-order valence-corrected chi connectivity index (χ2v) is 6.68. The van der Waals surface area contributed by atoms with Gasteiger partial charge in [-0.1, -0.05) is 0 Å². The Kier molecular flexibility index (Phi) is 28.1. The Morgan fingerprint density at radius 3 is 1.17 bits per heavy atom. The molecule has 0 N–H and O–H groups in total. The minimum absolute atomic E-state index is 0. The normalized spacial score (nSPS) is 4.50. The molecule has 0 unspecified atom stereocenters. The van der Waals surface area contributed by atoms with Gasteiger partial charge in [0.1, 0.15) is 0 Å². The summed E-state index contributed by atoms with van der Waals surface area (Å²) in [6.07, 6.45) is 0. The molecule has 0 rings (SSSR count). The topological polar surface area (TPSA) is 0 Å². The minimum Gasteiger partial charge on any atom is -1.00 e. The van der Waals surface area contributed by atoms with E-state index in [9.17, 15) is 0 Å². The minimum atomic E-state index is -1.72. The SMILES string of the molecule is Cl.[Cl][Al]([Cl])[Cl].[H-].[Na+]. The van der Waals surface area contributed by atoms with E-state index in [0.29, 0.717) is 0 Å². The van der Waals surface area contributed by atoms with Crippen molar-refractivity contribution in [2.75, 3.05) is 0 Å². The van der Waals surface area contributed by atoms with Gasteiger partial charge in [-0.2, -0.15) is 0 Å². The van der Waals surface area contributed by atoms with Crippen molar-refractivity contribution >= 4 is 53.9 Å². The van der Waals surface area contributed by atoms with Gasteiger partial charge in [0, 0.05) is 0 Å². The van der Waals surface area contributed by atoms with Crippen molar-refractivity contribution in [3.8, 4) is 0 Å². The predicted octanol–water partition coefficient (Wildman–Crippen LogP) is -0.774. The Morgan fingerprint density at radius 1 is 1.17 bits per heavy atom. The molecule has 6 heteroatoms. The average Bonchev–Trinajstić information content (AvgIpc) is 0.811. The molecule has 0 aliphatic carbocycles. The summed E-state index contributed by atoms with van der Waals surface area (Å²) in [6, 6.07) is 0. The van der Waals surface area contributed by atoms with Crippen LogP contribution in [0.25, 0.3) is 0 Å². The zero-order valence-electron chi connectivity index (χ0n) is 4.12. The second-order valence-electron chi connectivity index (χ2n) is 0.247. The largest absolute Gasteiger partial charge is 1.00 e. The molecule has 0 bridgehead atoms. The van der Waals surface area contributed by atoms with Crippen LogP contribution in [-0.4, -0.2) is 11.4 Å². The number of hydrogen-bond acceptors (Lipinski definition) is 0. The molecule has 0 aromatic heterocycles. The van der Waals surface area contributed by atoms with Crippen molar-refractivity contribution in [1.29, 1.82) is 0 Å². The van der Waals surface area contributed by atoms with E-state index in [1.807, 2.05) is 0 Å². The maximum atomic E-state index is 4.94. The first-order valence-corrected chi connectivity index (χ1v) is 5.89. The standard InChI is InChI=1S/Al.4ClH.Na.H/h;4*1H;;/q+3;;;;;+1;-1/p-3. The van der Waals surface area contributed by atoms with Crippen LogP contribution < -0.4 is 29.6 Å². The maximum Gasteiger partial charge on any atom is 1.00 e. The second kappa shape index (κ2) is 10.6. The zero-order valence-corrected chi connectivity index (χ0v) is 9.36. The molecule has 0 fully saturated rings. The van der Waals surface area contributed by atoms with Gasteiger partial charge in [0.25, 0.3) is 0 Å². The Morgan fingerprint density at radius 2 is 1.17 bits per heavy atom. The molecule has 6 heavy (non-hydrogen) atoms. The van der Waals surface area contributed by atoms with E-state index in [-0.39, 0.29) is 43.4 Å². The van der Waals surface area contributed by atoms with E-state index in [1.165, 1.54) is 0 Å². The van der Waals surface area contributed by atoms with Gasteiger partial charge in [-0.15, -0.1) is 12.4 Å². The fourth-order valence-corrected chi connectivity index (χ4v) is 0. The molecule has 0 saturated carbocycles. The number of halogens is 4.